The van der Waals surface area contributed by atoms with Gasteiger partial charge in [0.05, 0.1) is 19.2 Å². The molecule has 3 aliphatic carbocycles. The molecule has 156 valence electrons. The zero-order chi connectivity index (χ0) is 20.2. The molecular formula is C23H30N2O4. The molecule has 1 aromatic rings. The quantitative estimate of drug-likeness (QED) is 0.816. The Bertz CT molecular complexity index is 793. The SMILES string of the molecule is CNC(=O)OC1CN(C(=O)CC2(c3ccccc3)CCC3C(O)C4CC3C2C4)C1. The van der Waals surface area contributed by atoms with Crippen LogP contribution in [0.1, 0.15) is 37.7 Å². The number of carbonyl (C=O) groups excluding carboxylic acids is 2. The number of aliphatic hydroxyl groups excluding tert-OH is 1. The molecule has 0 radical (unpaired) electrons. The molecule has 6 nitrogen and oxygen atoms in total. The highest BCUT2D eigenvalue weighted by atomic mass is 16.6. The number of nitrogens with one attached hydrogen (secondary N) is 1. The van der Waals surface area contributed by atoms with Gasteiger partial charge >= 0.3 is 6.09 Å². The van der Waals surface area contributed by atoms with Crippen molar-refractivity contribution < 1.29 is 19.4 Å². The number of nitrogens with zero attached hydrogens (tertiary/aromatic N) is 1. The Morgan fingerprint density at radius 3 is 2.66 bits per heavy atom. The first-order valence-electron chi connectivity index (χ1n) is 10.9. The molecule has 2 N–H and O–H groups in total. The van der Waals surface area contributed by atoms with E-state index in [4.69, 9.17) is 4.74 Å². The summed E-state index contributed by atoms with van der Waals surface area (Å²) in [6.45, 7) is 0.963. The molecule has 0 aromatic heterocycles. The van der Waals surface area contributed by atoms with Gasteiger partial charge in [0.25, 0.3) is 0 Å². The monoisotopic (exact) mass is 398 g/mol. The highest BCUT2D eigenvalue weighted by Gasteiger charge is 2.62. The van der Waals surface area contributed by atoms with Crippen LogP contribution in [0.15, 0.2) is 30.3 Å². The van der Waals surface area contributed by atoms with E-state index in [0.29, 0.717) is 43.2 Å². The summed E-state index contributed by atoms with van der Waals surface area (Å²) in [5, 5.41) is 13.0. The van der Waals surface area contributed by atoms with Crippen LogP contribution >= 0.6 is 0 Å². The van der Waals surface area contributed by atoms with Crippen LogP contribution in [0, 0.1) is 23.7 Å². The van der Waals surface area contributed by atoms with E-state index in [0.717, 1.165) is 25.7 Å². The van der Waals surface area contributed by atoms with Gasteiger partial charge in [-0.3, -0.25) is 4.79 Å². The van der Waals surface area contributed by atoms with Gasteiger partial charge in [-0.1, -0.05) is 30.3 Å². The van der Waals surface area contributed by atoms with E-state index >= 15 is 0 Å². The van der Waals surface area contributed by atoms with Gasteiger partial charge in [-0.2, -0.15) is 0 Å². The lowest BCUT2D eigenvalue weighted by molar-refractivity contribution is -0.145. The summed E-state index contributed by atoms with van der Waals surface area (Å²) in [4.78, 5) is 26.4. The molecule has 6 unspecified atom stereocenters. The molecule has 6 heteroatoms. The topological polar surface area (TPSA) is 78.9 Å². The van der Waals surface area contributed by atoms with Crippen molar-refractivity contribution in [2.75, 3.05) is 20.1 Å². The van der Waals surface area contributed by atoms with E-state index in [-0.39, 0.29) is 23.5 Å². The molecule has 4 fully saturated rings. The van der Waals surface area contributed by atoms with Crippen molar-refractivity contribution in [3.05, 3.63) is 35.9 Å². The first kappa shape index (κ1) is 18.9. The number of benzene rings is 1. The van der Waals surface area contributed by atoms with Gasteiger partial charge in [-0.15, -0.1) is 0 Å². The highest BCUT2D eigenvalue weighted by Crippen LogP contribution is 2.64. The van der Waals surface area contributed by atoms with Crippen LogP contribution in [0.25, 0.3) is 0 Å². The largest absolute Gasteiger partial charge is 0.442 e. The number of carbonyl (C=O) groups is 2. The number of amides is 2. The molecule has 1 aromatic carbocycles. The van der Waals surface area contributed by atoms with E-state index in [9.17, 15) is 14.7 Å². The molecule has 4 aliphatic rings. The van der Waals surface area contributed by atoms with E-state index < -0.39 is 6.09 Å². The average Bonchev–Trinajstić information content (AvgIpc) is 3.28. The maximum Gasteiger partial charge on any atom is 0.407 e. The van der Waals surface area contributed by atoms with Gasteiger partial charge in [0.2, 0.25) is 5.91 Å². The molecule has 1 aliphatic heterocycles. The second-order valence-corrected chi connectivity index (χ2v) is 9.47. The predicted molar refractivity (Wildman–Crippen MR) is 107 cm³/mol. The number of aliphatic hydroxyl groups is 1. The molecule has 3 saturated carbocycles. The molecule has 6 atom stereocenters. The third kappa shape index (κ3) is 2.95. The Hall–Kier alpha value is -2.08. The summed E-state index contributed by atoms with van der Waals surface area (Å²) in [7, 11) is 1.54. The number of alkyl carbamates (subject to hydrolysis) is 1. The van der Waals surface area contributed by atoms with E-state index in [1.807, 2.05) is 11.0 Å². The Balaban J connectivity index is 1.35. The Morgan fingerprint density at radius 2 is 1.97 bits per heavy atom. The van der Waals surface area contributed by atoms with Gasteiger partial charge in [-0.25, -0.2) is 4.79 Å². The van der Waals surface area contributed by atoms with E-state index in [1.54, 1.807) is 0 Å². The summed E-state index contributed by atoms with van der Waals surface area (Å²) in [6.07, 6.45) is 3.84. The van der Waals surface area contributed by atoms with Crippen LogP contribution in [0.3, 0.4) is 0 Å². The van der Waals surface area contributed by atoms with Gasteiger partial charge in [0.15, 0.2) is 0 Å². The maximum atomic E-state index is 13.2. The van der Waals surface area contributed by atoms with Crippen LogP contribution in [-0.4, -0.2) is 54.4 Å². The van der Waals surface area contributed by atoms with E-state index in [1.165, 1.54) is 12.6 Å². The predicted octanol–water partition coefficient (Wildman–Crippen LogP) is 2.31. The van der Waals surface area contributed by atoms with Crippen LogP contribution in [0.4, 0.5) is 4.79 Å². The zero-order valence-corrected chi connectivity index (χ0v) is 16.9. The van der Waals surface area contributed by atoms with Crippen LogP contribution in [0.5, 0.6) is 0 Å². The van der Waals surface area contributed by atoms with Crippen LogP contribution in [0.2, 0.25) is 0 Å². The smallest absolute Gasteiger partial charge is 0.407 e. The Morgan fingerprint density at radius 1 is 1.21 bits per heavy atom. The van der Waals surface area contributed by atoms with Gasteiger partial charge in [0.1, 0.15) is 6.10 Å². The standard InChI is InChI=1S/C23H30N2O4/c1-24-22(28)29-16-12-25(13-16)20(26)11-23(15-5-3-2-4-6-15)8-7-17-18-9-14(21(17)27)10-19(18)23/h2-6,14,16-19,21,27H,7-13H2,1H3,(H,24,28). The molecular weight excluding hydrogens is 368 g/mol. The Labute approximate surface area is 171 Å². The first-order valence-corrected chi connectivity index (χ1v) is 10.9. The molecule has 29 heavy (non-hydrogen) atoms. The first-order chi connectivity index (χ1) is 14.0. The summed E-state index contributed by atoms with van der Waals surface area (Å²) in [5.41, 5.74) is 1.14. The molecule has 0 spiro atoms. The molecule has 1 heterocycles. The third-order valence-corrected chi connectivity index (χ3v) is 8.25. The lowest BCUT2D eigenvalue weighted by Gasteiger charge is -2.52. The van der Waals surface area contributed by atoms with Crippen molar-refractivity contribution >= 4 is 12.0 Å². The van der Waals surface area contributed by atoms with Crippen molar-refractivity contribution in [1.29, 1.82) is 0 Å². The summed E-state index contributed by atoms with van der Waals surface area (Å²) in [5.74, 6) is 1.99. The second kappa shape index (κ2) is 7.01. The van der Waals surface area contributed by atoms with Crippen LogP contribution < -0.4 is 5.32 Å². The third-order valence-electron chi connectivity index (χ3n) is 8.25. The Kier molecular flexibility index (Phi) is 4.57. The number of rotatable bonds is 4. The molecule has 1 saturated heterocycles. The van der Waals surface area contributed by atoms with Gasteiger partial charge in [0, 0.05) is 18.9 Å². The van der Waals surface area contributed by atoms with Crippen molar-refractivity contribution in [3.8, 4) is 0 Å². The van der Waals surface area contributed by atoms with Crippen molar-refractivity contribution in [1.82, 2.24) is 10.2 Å². The van der Waals surface area contributed by atoms with Crippen molar-refractivity contribution in [2.45, 2.75) is 49.7 Å². The lowest BCUT2D eigenvalue weighted by atomic mass is 9.53. The summed E-state index contributed by atoms with van der Waals surface area (Å²) >= 11 is 0. The highest BCUT2D eigenvalue weighted by molar-refractivity contribution is 5.79. The lowest BCUT2D eigenvalue weighted by Crippen LogP contribution is -2.58. The summed E-state index contributed by atoms with van der Waals surface area (Å²) < 4.78 is 5.24. The molecule has 2 amide bonds. The second-order valence-electron chi connectivity index (χ2n) is 9.47. The number of fused-ring (bicyclic) bond motifs is 1. The average molecular weight is 399 g/mol. The van der Waals surface area contributed by atoms with E-state index in [2.05, 4.69) is 29.6 Å². The van der Waals surface area contributed by atoms with Gasteiger partial charge in [-0.05, 0) is 54.9 Å². The number of likely N-dealkylation sites (tertiary alicyclic amines) is 1. The molecule has 2 bridgehead atoms. The fourth-order valence-corrected chi connectivity index (χ4v) is 6.85. The minimum absolute atomic E-state index is 0.138. The van der Waals surface area contributed by atoms with Crippen molar-refractivity contribution in [2.24, 2.45) is 23.7 Å². The number of hydrogen-bond acceptors (Lipinski definition) is 4. The number of ether oxygens (including phenoxy) is 1. The number of hydrogen-bond donors (Lipinski definition) is 2. The van der Waals surface area contributed by atoms with Crippen LogP contribution in [-0.2, 0) is 14.9 Å². The fourth-order valence-electron chi connectivity index (χ4n) is 6.85. The maximum absolute atomic E-state index is 13.2. The zero-order valence-electron chi connectivity index (χ0n) is 16.9. The summed E-state index contributed by atoms with van der Waals surface area (Å²) in [6, 6.07) is 10.6. The minimum atomic E-state index is -0.443. The van der Waals surface area contributed by atoms with Crippen molar-refractivity contribution in [3.63, 3.8) is 0 Å². The fraction of sp³-hybridized carbons (Fsp3) is 0.652. The normalized spacial score (nSPS) is 37.9. The molecule has 5 rings (SSSR count). The van der Waals surface area contributed by atoms with Gasteiger partial charge < -0.3 is 20.1 Å². The minimum Gasteiger partial charge on any atom is -0.442 e.